The third kappa shape index (κ3) is 24.4. The number of piperidine rings is 3. The molecule has 0 amide bonds. The maximum Gasteiger partial charge on any atom is 0.338 e. The lowest BCUT2D eigenvalue weighted by atomic mass is 9.77. The largest absolute Gasteiger partial charge is 0.469 e. The molecule has 6 aliphatic heterocycles. The standard InChI is InChI=1S/C21H25NO.C17H21NO4.C16H20Cl2N2O.C13H18ClNO.C10H15N.C10H14/c1-22-18-12-13-19(22)15-20(14-18)23-21(16-8-4-2-5-9-16)17-10-6-3-7-11-17;1-18-12-8-9-13(18)15(17(20)21-2)14(10-12)22-16(19)11-6-4-3-5-7-11;1-20-11-4-6-16(20)13(9-19-21-2)12(8-11)10-3-5-14(17)15(18)7-10;1-9(15-13(2,3)4)12(16)10-6-5-7-11(14)8-10;1-9(11-2)8-10-6-4-3-5-7-10;1-9(2)8-10-6-4-3-5-7-10/h2-11,18-21H,12-15H2,1H3;3-7,12-15H,8-10H2,1-2H3;3,5,7,9,11-13,16H,4,6,8H2,1-2H3;5-9,15H,1-4H3;3-7,9,11H,8H2,1-2H3;3-7,9H,8H2,1-2H3/b;;19-9+;;;/t;;;;9-;/m....1./s1. The van der Waals surface area contributed by atoms with Gasteiger partial charge in [-0.3, -0.25) is 19.4 Å². The minimum absolute atomic E-state index is 0.0465. The number of nitrogens with zero attached hydrogens (tertiary/aromatic N) is 4. The van der Waals surface area contributed by atoms with Crippen molar-refractivity contribution in [3.63, 3.8) is 0 Å². The van der Waals surface area contributed by atoms with Crippen LogP contribution in [0, 0.1) is 17.8 Å². The fourth-order valence-electron chi connectivity index (χ4n) is 15.7. The highest BCUT2D eigenvalue weighted by Crippen LogP contribution is 2.47. The van der Waals surface area contributed by atoms with Gasteiger partial charge in [-0.1, -0.05) is 212 Å². The zero-order valence-corrected chi connectivity index (χ0v) is 65.2. The third-order valence-corrected chi connectivity index (χ3v) is 22.1. The van der Waals surface area contributed by atoms with Crippen LogP contribution in [-0.4, -0.2) is 147 Å². The number of carbonyl (C=O) groups is 3. The highest BCUT2D eigenvalue weighted by atomic mass is 35.5. The van der Waals surface area contributed by atoms with Gasteiger partial charge >= 0.3 is 11.9 Å². The van der Waals surface area contributed by atoms with E-state index in [9.17, 15) is 14.4 Å². The number of oxime groups is 1. The zero-order valence-electron chi connectivity index (χ0n) is 63.0. The highest BCUT2D eigenvalue weighted by molar-refractivity contribution is 6.42. The highest BCUT2D eigenvalue weighted by Gasteiger charge is 2.51. The Morgan fingerprint density at radius 3 is 1.60 bits per heavy atom. The molecule has 12 atom stereocenters. The maximum atomic E-state index is 12.3. The van der Waals surface area contributed by atoms with Crippen molar-refractivity contribution < 1.29 is 33.4 Å². The molecule has 7 aromatic rings. The molecule has 0 aliphatic carbocycles. The summed E-state index contributed by atoms with van der Waals surface area (Å²) in [7, 11) is 11.5. The smallest absolute Gasteiger partial charge is 0.338 e. The Labute approximate surface area is 630 Å². The second-order valence-corrected chi connectivity index (χ2v) is 31.2. The van der Waals surface area contributed by atoms with Crippen molar-refractivity contribution in [1.82, 2.24) is 25.3 Å². The summed E-state index contributed by atoms with van der Waals surface area (Å²) in [5.41, 5.74) is 7.69. The summed E-state index contributed by atoms with van der Waals surface area (Å²) in [6.07, 6.45) is 15.6. The number of hydrogen-bond donors (Lipinski definition) is 2. The molecule has 0 spiro atoms. The minimum atomic E-state index is -0.408. The summed E-state index contributed by atoms with van der Waals surface area (Å²) >= 11 is 18.1. The topological polar surface area (TPSA) is 134 Å². The Morgan fingerprint density at radius 1 is 0.573 bits per heavy atom. The number of nitrogens with one attached hydrogen (secondary N) is 2. The molecule has 6 heterocycles. The number of methoxy groups -OCH3 is 1. The number of benzene rings is 7. The molecule has 11 unspecified atom stereocenters. The SMILES string of the molecule is CC(C)Cc1ccccc1.CC(NC(C)(C)C)C(=O)c1cccc(Cl)c1.CN1C2CCC1CC(OC(c1ccccc1)c1ccccc1)C2.CN[C@H](C)Cc1ccccc1.CO/N=C/C1C(c2ccc(Cl)c(Cl)c2)CC2CCC1N2C.COC(=O)C1C(OC(=O)c2ccccc2)CC2CCC1N2C. The molecule has 6 saturated heterocycles. The van der Waals surface area contributed by atoms with E-state index >= 15 is 0 Å². The average Bonchev–Trinajstić information content (AvgIpc) is 1.67. The lowest BCUT2D eigenvalue weighted by Gasteiger charge is -2.41. The van der Waals surface area contributed by atoms with E-state index in [0.717, 1.165) is 31.6 Å². The van der Waals surface area contributed by atoms with Gasteiger partial charge in [0.2, 0.25) is 0 Å². The fraction of sp³-hybridized carbons (Fsp3) is 0.471. The van der Waals surface area contributed by atoms with E-state index in [1.165, 1.54) is 79.9 Å². The Hall–Kier alpha value is -6.75. The monoisotopic (exact) mass is 1460 g/mol. The lowest BCUT2D eigenvalue weighted by molar-refractivity contribution is -0.156. The van der Waals surface area contributed by atoms with E-state index in [-0.39, 0.29) is 41.4 Å². The predicted molar refractivity (Wildman–Crippen MR) is 423 cm³/mol. The van der Waals surface area contributed by atoms with Gasteiger partial charge < -0.3 is 34.6 Å². The number of esters is 2. The van der Waals surface area contributed by atoms with Crippen LogP contribution >= 0.6 is 34.8 Å². The Morgan fingerprint density at radius 2 is 1.08 bits per heavy atom. The zero-order chi connectivity index (χ0) is 74.2. The molecule has 7 aromatic carbocycles. The summed E-state index contributed by atoms with van der Waals surface area (Å²) in [5, 5.41) is 12.3. The number of fused-ring (bicyclic) bond motifs is 6. The van der Waals surface area contributed by atoms with E-state index in [0.29, 0.717) is 86.8 Å². The van der Waals surface area contributed by atoms with E-state index in [4.69, 9.17) is 53.9 Å². The van der Waals surface area contributed by atoms with Crippen LogP contribution in [0.2, 0.25) is 15.1 Å². The third-order valence-electron chi connectivity index (χ3n) is 21.1. The average molecular weight is 1460 g/mol. The van der Waals surface area contributed by atoms with Crippen molar-refractivity contribution >= 4 is 58.7 Å². The number of carbonyl (C=O) groups excluding carboxylic acids is 3. The van der Waals surface area contributed by atoms with Crippen LogP contribution < -0.4 is 10.6 Å². The van der Waals surface area contributed by atoms with Crippen molar-refractivity contribution in [2.45, 2.75) is 204 Å². The van der Waals surface area contributed by atoms with Gasteiger partial charge in [-0.15, -0.1) is 0 Å². The summed E-state index contributed by atoms with van der Waals surface area (Å²) in [6, 6.07) is 67.8. The van der Waals surface area contributed by atoms with Crippen molar-refractivity contribution in [2.24, 2.45) is 22.9 Å². The maximum absolute atomic E-state index is 12.3. The van der Waals surface area contributed by atoms with Crippen molar-refractivity contribution in [1.29, 1.82) is 0 Å². The van der Waals surface area contributed by atoms with E-state index in [2.05, 4.69) is 187 Å². The number of likely N-dealkylation sites (N-methyl/N-ethyl adjacent to an activating group) is 1. The quantitative estimate of drug-likeness (QED) is 0.0367. The normalized spacial score (nSPS) is 23.9. The number of Topliss-reactive ketones (excluding diaryl/α,β-unsaturated/α-hetero) is 1. The molecule has 6 aliphatic rings. The van der Waals surface area contributed by atoms with Gasteiger partial charge in [0, 0.05) is 77.0 Å². The summed E-state index contributed by atoms with van der Waals surface area (Å²) in [5.74, 6) is 0.547. The molecular weight excluding hydrogens is 1350 g/mol. The summed E-state index contributed by atoms with van der Waals surface area (Å²) in [4.78, 5) is 48.8. The van der Waals surface area contributed by atoms with Crippen LogP contribution in [0.3, 0.4) is 0 Å². The summed E-state index contributed by atoms with van der Waals surface area (Å²) < 4.78 is 17.3. The molecule has 0 saturated carbocycles. The first-order chi connectivity index (χ1) is 49.4. The minimum Gasteiger partial charge on any atom is -0.469 e. The Balaban J connectivity index is 0.000000160. The lowest BCUT2D eigenvalue weighted by Crippen LogP contribution is -2.53. The summed E-state index contributed by atoms with van der Waals surface area (Å²) in [6.45, 7) is 14.7. The first-order valence-electron chi connectivity index (χ1n) is 37.0. The molecular formula is C87H113Cl3N6O7. The van der Waals surface area contributed by atoms with Gasteiger partial charge in [0.05, 0.1) is 34.9 Å². The van der Waals surface area contributed by atoms with Crippen LogP contribution in [-0.2, 0) is 36.7 Å². The van der Waals surface area contributed by atoms with Crippen LogP contribution in [0.15, 0.2) is 199 Å². The predicted octanol–water partition coefficient (Wildman–Crippen LogP) is 18.5. The van der Waals surface area contributed by atoms with E-state index in [1.54, 1.807) is 55.6 Å². The molecule has 0 aromatic heterocycles. The van der Waals surface area contributed by atoms with Crippen molar-refractivity contribution in [3.05, 3.63) is 248 Å². The Kier molecular flexibility index (Phi) is 32.3. The first-order valence-corrected chi connectivity index (χ1v) is 38.2. The van der Waals surface area contributed by atoms with Gasteiger partial charge in [0.1, 0.15) is 25.2 Å². The second-order valence-electron chi connectivity index (χ2n) is 30.0. The first kappa shape index (κ1) is 81.9. The molecule has 6 bridgehead atoms. The second kappa shape index (κ2) is 40.7. The van der Waals surface area contributed by atoms with Gasteiger partial charge in [0.25, 0.3) is 0 Å². The van der Waals surface area contributed by atoms with Gasteiger partial charge in [-0.2, -0.15) is 0 Å². The molecule has 0 radical (unpaired) electrons. The molecule has 2 N–H and O–H groups in total. The molecule has 16 heteroatoms. The fourth-order valence-corrected chi connectivity index (χ4v) is 16.2. The van der Waals surface area contributed by atoms with Gasteiger partial charge in [-0.25, -0.2) is 4.79 Å². The molecule has 6 fully saturated rings. The molecule has 554 valence electrons. The molecule has 103 heavy (non-hydrogen) atoms. The van der Waals surface area contributed by atoms with Gasteiger partial charge in [0.15, 0.2) is 5.78 Å². The van der Waals surface area contributed by atoms with Crippen molar-refractivity contribution in [2.75, 3.05) is 42.4 Å². The molecule has 13 rings (SSSR count). The van der Waals surface area contributed by atoms with Gasteiger partial charge in [-0.05, 0) is 209 Å². The van der Waals surface area contributed by atoms with E-state index < -0.39 is 12.0 Å². The van der Waals surface area contributed by atoms with Crippen LogP contribution in [0.25, 0.3) is 0 Å². The van der Waals surface area contributed by atoms with Crippen LogP contribution in [0.4, 0.5) is 0 Å². The number of hydrogen-bond acceptors (Lipinski definition) is 13. The van der Waals surface area contributed by atoms with Crippen LogP contribution in [0.1, 0.15) is 173 Å². The Bertz CT molecular complexity index is 3650. The van der Waals surface area contributed by atoms with Crippen molar-refractivity contribution in [3.8, 4) is 0 Å². The number of ether oxygens (including phenoxy) is 3. The number of ketones is 1. The van der Waals surface area contributed by atoms with Crippen LogP contribution in [0.5, 0.6) is 0 Å². The number of rotatable bonds is 18. The molecule has 13 nitrogen and oxygen atoms in total. The number of halogens is 3. The van der Waals surface area contributed by atoms with E-state index in [1.807, 2.05) is 72.3 Å².